The van der Waals surface area contributed by atoms with E-state index in [1.54, 1.807) is 7.05 Å². The Labute approximate surface area is 184 Å². The van der Waals surface area contributed by atoms with Gasteiger partial charge in [-0.1, -0.05) is 68.8 Å². The summed E-state index contributed by atoms with van der Waals surface area (Å²) in [5, 5.41) is 4.39. The second kappa shape index (κ2) is 10.3. The number of nitrogens with zero attached hydrogens (tertiary/aromatic N) is 2. The van der Waals surface area contributed by atoms with Crippen LogP contribution in [0.4, 0.5) is 0 Å². The van der Waals surface area contributed by atoms with Gasteiger partial charge in [0.1, 0.15) is 6.61 Å². The fourth-order valence-electron chi connectivity index (χ4n) is 3.79. The van der Waals surface area contributed by atoms with Crippen LogP contribution >= 0.6 is 0 Å². The molecule has 5 heteroatoms. The molecule has 0 saturated carbocycles. The van der Waals surface area contributed by atoms with E-state index in [2.05, 4.69) is 38.0 Å². The van der Waals surface area contributed by atoms with Crippen molar-refractivity contribution in [2.24, 2.45) is 7.05 Å². The summed E-state index contributed by atoms with van der Waals surface area (Å²) >= 11 is 0. The first kappa shape index (κ1) is 22.6. The van der Waals surface area contributed by atoms with Crippen LogP contribution in [0.2, 0.25) is 0 Å². The third kappa shape index (κ3) is 4.98. The number of rotatable bonds is 9. The van der Waals surface area contributed by atoms with Crippen molar-refractivity contribution in [3.63, 3.8) is 0 Å². The monoisotopic (exact) mass is 420 g/mol. The molecule has 31 heavy (non-hydrogen) atoms. The molecule has 0 bridgehead atoms. The molecule has 1 heterocycles. The summed E-state index contributed by atoms with van der Waals surface area (Å²) in [6.45, 7) is 9.19. The van der Waals surface area contributed by atoms with Crippen molar-refractivity contribution < 1.29 is 9.47 Å². The van der Waals surface area contributed by atoms with Gasteiger partial charge in [-0.2, -0.15) is 0 Å². The van der Waals surface area contributed by atoms with E-state index in [-0.39, 0.29) is 5.56 Å². The van der Waals surface area contributed by atoms with Gasteiger partial charge in [-0.25, -0.2) is 4.68 Å². The van der Waals surface area contributed by atoms with Crippen LogP contribution in [0.5, 0.6) is 11.6 Å². The van der Waals surface area contributed by atoms with Crippen LogP contribution in [-0.4, -0.2) is 16.4 Å². The smallest absolute Gasteiger partial charge is 0.278 e. The molecule has 3 rings (SSSR count). The topological polar surface area (TPSA) is 53.4 Å². The van der Waals surface area contributed by atoms with Crippen molar-refractivity contribution in [2.45, 2.75) is 53.6 Å². The summed E-state index contributed by atoms with van der Waals surface area (Å²) < 4.78 is 13.6. The normalized spacial score (nSPS) is 10.9. The highest BCUT2D eigenvalue weighted by Crippen LogP contribution is 2.39. The standard InChI is InChI=1S/C26H32N2O3/c1-6-14-30-25-24(31-17-19-12-10-9-11-13-19)23(26(29)28(5)27-25)22-20(7-2)15-18(4)16-21(22)8-3/h9-13,15-16H,6-8,14,17H2,1-5H3. The second-order valence-electron chi connectivity index (χ2n) is 7.73. The maximum atomic E-state index is 13.4. The minimum Gasteiger partial charge on any atom is -0.482 e. The number of hydrogen-bond acceptors (Lipinski definition) is 4. The van der Waals surface area contributed by atoms with Crippen molar-refractivity contribution in [3.8, 4) is 22.8 Å². The van der Waals surface area contributed by atoms with Crippen LogP contribution in [0.15, 0.2) is 47.3 Å². The molecule has 0 atom stereocenters. The maximum absolute atomic E-state index is 13.4. The molecule has 0 amide bonds. The van der Waals surface area contributed by atoms with Crippen molar-refractivity contribution in [1.29, 1.82) is 0 Å². The van der Waals surface area contributed by atoms with Gasteiger partial charge in [-0.15, -0.1) is 5.10 Å². The van der Waals surface area contributed by atoms with E-state index in [0.29, 0.717) is 30.4 Å². The molecular formula is C26H32N2O3. The highest BCUT2D eigenvalue weighted by atomic mass is 16.5. The maximum Gasteiger partial charge on any atom is 0.278 e. The van der Waals surface area contributed by atoms with Gasteiger partial charge in [-0.05, 0) is 48.4 Å². The van der Waals surface area contributed by atoms with Crippen LogP contribution in [0, 0.1) is 6.92 Å². The van der Waals surface area contributed by atoms with Gasteiger partial charge in [0, 0.05) is 7.05 Å². The number of aromatic nitrogens is 2. The first-order valence-corrected chi connectivity index (χ1v) is 11.0. The summed E-state index contributed by atoms with van der Waals surface area (Å²) in [5.41, 5.74) is 5.78. The van der Waals surface area contributed by atoms with Crippen molar-refractivity contribution in [2.75, 3.05) is 6.61 Å². The molecule has 0 aliphatic rings. The van der Waals surface area contributed by atoms with Gasteiger partial charge in [0.15, 0.2) is 5.75 Å². The summed E-state index contributed by atoms with van der Waals surface area (Å²) in [7, 11) is 1.66. The third-order valence-electron chi connectivity index (χ3n) is 5.30. The zero-order valence-corrected chi connectivity index (χ0v) is 19.2. The summed E-state index contributed by atoms with van der Waals surface area (Å²) in [5.74, 6) is 0.785. The SMILES string of the molecule is CCCOc1nn(C)c(=O)c(-c2c(CC)cc(C)cc2CC)c1OCc1ccccc1. The molecule has 0 N–H and O–H groups in total. The summed E-state index contributed by atoms with van der Waals surface area (Å²) in [6.07, 6.45) is 2.47. The Morgan fingerprint density at radius 2 is 1.58 bits per heavy atom. The van der Waals surface area contributed by atoms with Crippen LogP contribution in [-0.2, 0) is 26.5 Å². The third-order valence-corrected chi connectivity index (χ3v) is 5.30. The first-order chi connectivity index (χ1) is 15.0. The Hall–Kier alpha value is -3.08. The molecular weight excluding hydrogens is 388 g/mol. The average Bonchev–Trinajstić information content (AvgIpc) is 2.79. The van der Waals surface area contributed by atoms with Crippen LogP contribution in [0.25, 0.3) is 11.1 Å². The van der Waals surface area contributed by atoms with E-state index in [4.69, 9.17) is 9.47 Å². The Morgan fingerprint density at radius 3 is 2.16 bits per heavy atom. The summed E-state index contributed by atoms with van der Waals surface area (Å²) in [4.78, 5) is 13.4. The van der Waals surface area contributed by atoms with Gasteiger partial charge in [-0.3, -0.25) is 4.79 Å². The molecule has 0 saturated heterocycles. The molecule has 2 aromatic carbocycles. The molecule has 0 spiro atoms. The molecule has 0 aliphatic carbocycles. The Balaban J connectivity index is 2.25. The number of hydrogen-bond donors (Lipinski definition) is 0. The molecule has 3 aromatic rings. The zero-order chi connectivity index (χ0) is 22.4. The quantitative estimate of drug-likeness (QED) is 0.474. The predicted molar refractivity (Wildman–Crippen MR) is 125 cm³/mol. The minimum absolute atomic E-state index is 0.180. The van der Waals surface area contributed by atoms with E-state index < -0.39 is 0 Å². The van der Waals surface area contributed by atoms with E-state index in [1.165, 1.54) is 10.2 Å². The number of aryl methyl sites for hydroxylation is 4. The second-order valence-corrected chi connectivity index (χ2v) is 7.73. The average molecular weight is 421 g/mol. The van der Waals surface area contributed by atoms with Crippen molar-refractivity contribution in [3.05, 3.63) is 75.1 Å². The van der Waals surface area contributed by atoms with E-state index in [1.807, 2.05) is 37.3 Å². The fourth-order valence-corrected chi connectivity index (χ4v) is 3.79. The lowest BCUT2D eigenvalue weighted by Gasteiger charge is -2.20. The largest absolute Gasteiger partial charge is 0.482 e. The van der Waals surface area contributed by atoms with Gasteiger partial charge < -0.3 is 9.47 Å². The summed E-state index contributed by atoms with van der Waals surface area (Å²) in [6, 6.07) is 14.2. The molecule has 5 nitrogen and oxygen atoms in total. The molecule has 1 aromatic heterocycles. The highest BCUT2D eigenvalue weighted by molar-refractivity contribution is 5.78. The minimum atomic E-state index is -0.180. The highest BCUT2D eigenvalue weighted by Gasteiger charge is 2.25. The Kier molecular flexibility index (Phi) is 7.50. The lowest BCUT2D eigenvalue weighted by atomic mass is 9.90. The van der Waals surface area contributed by atoms with Crippen LogP contribution in [0.1, 0.15) is 49.4 Å². The molecule has 164 valence electrons. The fraction of sp³-hybridized carbons (Fsp3) is 0.385. The van der Waals surface area contributed by atoms with E-state index in [9.17, 15) is 4.79 Å². The molecule has 0 aliphatic heterocycles. The lowest BCUT2D eigenvalue weighted by molar-refractivity contribution is 0.247. The Bertz CT molecular complexity index is 1060. The molecule has 0 fully saturated rings. The molecule has 0 radical (unpaired) electrons. The van der Waals surface area contributed by atoms with Crippen molar-refractivity contribution >= 4 is 0 Å². The lowest BCUT2D eigenvalue weighted by Crippen LogP contribution is -2.24. The zero-order valence-electron chi connectivity index (χ0n) is 19.2. The van der Waals surface area contributed by atoms with Crippen LogP contribution in [0.3, 0.4) is 0 Å². The van der Waals surface area contributed by atoms with Crippen LogP contribution < -0.4 is 15.0 Å². The predicted octanol–water partition coefficient (Wildman–Crippen LogP) is 5.25. The first-order valence-electron chi connectivity index (χ1n) is 11.0. The van der Waals surface area contributed by atoms with Gasteiger partial charge in [0.05, 0.1) is 12.2 Å². The van der Waals surface area contributed by atoms with Crippen molar-refractivity contribution in [1.82, 2.24) is 9.78 Å². The van der Waals surface area contributed by atoms with Gasteiger partial charge in [0.25, 0.3) is 11.4 Å². The Morgan fingerprint density at radius 1 is 0.935 bits per heavy atom. The van der Waals surface area contributed by atoms with Gasteiger partial charge in [0.2, 0.25) is 0 Å². The molecule has 0 unspecified atom stereocenters. The number of ether oxygens (including phenoxy) is 2. The number of benzene rings is 2. The van der Waals surface area contributed by atoms with Gasteiger partial charge >= 0.3 is 0 Å². The van der Waals surface area contributed by atoms with E-state index in [0.717, 1.165) is 41.5 Å². The van der Waals surface area contributed by atoms with E-state index >= 15 is 0 Å².